The van der Waals surface area contributed by atoms with Crippen molar-refractivity contribution in [3.05, 3.63) is 29.8 Å². The van der Waals surface area contributed by atoms with Crippen LogP contribution in [0.5, 0.6) is 5.75 Å². The largest absolute Gasteiger partial charge is 0.494 e. The first-order valence-electron chi connectivity index (χ1n) is 5.53. The quantitative estimate of drug-likeness (QED) is 0.839. The molecule has 0 bridgehead atoms. The first-order valence-corrected chi connectivity index (χ1v) is 5.53. The summed E-state index contributed by atoms with van der Waals surface area (Å²) in [6, 6.07) is 7.74. The van der Waals surface area contributed by atoms with E-state index in [0.717, 1.165) is 11.3 Å². The third kappa shape index (κ3) is 2.52. The molecule has 2 rings (SSSR count). The van der Waals surface area contributed by atoms with Crippen molar-refractivity contribution < 1.29 is 14.2 Å². The van der Waals surface area contributed by atoms with Crippen molar-refractivity contribution in [1.29, 1.82) is 0 Å². The van der Waals surface area contributed by atoms with Crippen LogP contribution in [0.4, 0.5) is 0 Å². The third-order valence-corrected chi connectivity index (χ3v) is 2.48. The second-order valence-electron chi connectivity index (χ2n) is 3.66. The highest BCUT2D eigenvalue weighted by molar-refractivity contribution is 5.28. The summed E-state index contributed by atoms with van der Waals surface area (Å²) in [7, 11) is 0. The Morgan fingerprint density at radius 3 is 2.69 bits per heavy atom. The smallest absolute Gasteiger partial charge is 0.184 e. The normalized spacial score (nSPS) is 24.6. The molecule has 4 heteroatoms. The molecule has 1 heterocycles. The number of hydrogen-bond acceptors (Lipinski definition) is 4. The average Bonchev–Trinajstić information content (AvgIpc) is 2.79. The predicted octanol–water partition coefficient (Wildman–Crippen LogP) is 1.46. The first kappa shape index (κ1) is 11.4. The molecule has 1 aromatic rings. The molecule has 0 aliphatic carbocycles. The molecule has 1 aliphatic heterocycles. The van der Waals surface area contributed by atoms with Gasteiger partial charge < -0.3 is 19.9 Å². The number of ether oxygens (including phenoxy) is 3. The molecule has 1 fully saturated rings. The molecule has 1 aliphatic rings. The second-order valence-corrected chi connectivity index (χ2v) is 3.66. The molecule has 0 spiro atoms. The molecule has 0 amide bonds. The molecule has 0 saturated carbocycles. The Morgan fingerprint density at radius 1 is 1.38 bits per heavy atom. The van der Waals surface area contributed by atoms with Gasteiger partial charge in [-0.2, -0.15) is 0 Å². The van der Waals surface area contributed by atoms with E-state index in [1.54, 1.807) is 0 Å². The van der Waals surface area contributed by atoms with Crippen LogP contribution in [0.1, 0.15) is 18.8 Å². The van der Waals surface area contributed by atoms with Crippen molar-refractivity contribution in [1.82, 2.24) is 0 Å². The van der Waals surface area contributed by atoms with Crippen molar-refractivity contribution in [3.8, 4) is 5.75 Å². The molecule has 88 valence electrons. The van der Waals surface area contributed by atoms with Gasteiger partial charge in [0.1, 0.15) is 5.75 Å². The Bertz CT molecular complexity index is 326. The Morgan fingerprint density at radius 2 is 2.12 bits per heavy atom. The van der Waals surface area contributed by atoms with Crippen LogP contribution < -0.4 is 10.5 Å². The lowest BCUT2D eigenvalue weighted by Gasteiger charge is -2.11. The van der Waals surface area contributed by atoms with E-state index in [0.29, 0.717) is 19.8 Å². The average molecular weight is 223 g/mol. The van der Waals surface area contributed by atoms with Gasteiger partial charge in [0.15, 0.2) is 6.29 Å². The topological polar surface area (TPSA) is 53.7 Å². The lowest BCUT2D eigenvalue weighted by Crippen LogP contribution is -2.21. The molecule has 1 saturated heterocycles. The highest BCUT2D eigenvalue weighted by Crippen LogP contribution is 2.27. The van der Waals surface area contributed by atoms with Crippen LogP contribution in [0.15, 0.2) is 24.3 Å². The SMILES string of the molecule is CCOc1ccc(C2OCC(CN)O2)cc1. The molecule has 16 heavy (non-hydrogen) atoms. The molecular formula is C12H17NO3. The zero-order chi connectivity index (χ0) is 11.4. The van der Waals surface area contributed by atoms with Crippen molar-refractivity contribution in [2.45, 2.75) is 19.3 Å². The molecule has 2 unspecified atom stereocenters. The predicted molar refractivity (Wildman–Crippen MR) is 60.2 cm³/mol. The molecular weight excluding hydrogens is 206 g/mol. The van der Waals surface area contributed by atoms with Gasteiger partial charge in [-0.25, -0.2) is 0 Å². The summed E-state index contributed by atoms with van der Waals surface area (Å²) in [5.41, 5.74) is 6.51. The molecule has 0 aromatic heterocycles. The molecule has 0 radical (unpaired) electrons. The van der Waals surface area contributed by atoms with Crippen LogP contribution in [-0.4, -0.2) is 25.9 Å². The standard InChI is InChI=1S/C12H17NO3/c1-2-14-10-5-3-9(4-6-10)12-15-8-11(7-13)16-12/h3-6,11-12H,2,7-8,13H2,1H3. The van der Waals surface area contributed by atoms with E-state index in [9.17, 15) is 0 Å². The summed E-state index contributed by atoms with van der Waals surface area (Å²) in [4.78, 5) is 0. The number of nitrogens with two attached hydrogens (primary N) is 1. The van der Waals surface area contributed by atoms with Gasteiger partial charge >= 0.3 is 0 Å². The maximum Gasteiger partial charge on any atom is 0.184 e. The third-order valence-electron chi connectivity index (χ3n) is 2.48. The van der Waals surface area contributed by atoms with Gasteiger partial charge in [0, 0.05) is 12.1 Å². The zero-order valence-electron chi connectivity index (χ0n) is 9.39. The summed E-state index contributed by atoms with van der Waals surface area (Å²) in [5, 5.41) is 0. The Labute approximate surface area is 95.3 Å². The lowest BCUT2D eigenvalue weighted by molar-refractivity contribution is -0.0585. The van der Waals surface area contributed by atoms with Crippen LogP contribution in [0.25, 0.3) is 0 Å². The van der Waals surface area contributed by atoms with Gasteiger partial charge in [-0.15, -0.1) is 0 Å². The van der Waals surface area contributed by atoms with Crippen molar-refractivity contribution in [2.75, 3.05) is 19.8 Å². The molecule has 2 N–H and O–H groups in total. The van der Waals surface area contributed by atoms with Gasteiger partial charge in [0.2, 0.25) is 0 Å². The molecule has 4 nitrogen and oxygen atoms in total. The van der Waals surface area contributed by atoms with E-state index < -0.39 is 0 Å². The number of hydrogen-bond donors (Lipinski definition) is 1. The van der Waals surface area contributed by atoms with E-state index in [1.807, 2.05) is 31.2 Å². The summed E-state index contributed by atoms with van der Waals surface area (Å²) < 4.78 is 16.5. The van der Waals surface area contributed by atoms with Gasteiger partial charge in [-0.05, 0) is 19.1 Å². The number of benzene rings is 1. The van der Waals surface area contributed by atoms with Crippen molar-refractivity contribution in [3.63, 3.8) is 0 Å². The second kappa shape index (κ2) is 5.30. The van der Waals surface area contributed by atoms with Crippen LogP contribution in [0.3, 0.4) is 0 Å². The van der Waals surface area contributed by atoms with Crippen LogP contribution in [0, 0.1) is 0 Å². The Kier molecular flexibility index (Phi) is 3.77. The van der Waals surface area contributed by atoms with E-state index >= 15 is 0 Å². The highest BCUT2D eigenvalue weighted by atomic mass is 16.7. The minimum atomic E-state index is -0.288. The molecule has 2 atom stereocenters. The zero-order valence-corrected chi connectivity index (χ0v) is 9.39. The fraction of sp³-hybridized carbons (Fsp3) is 0.500. The fourth-order valence-corrected chi connectivity index (χ4v) is 1.63. The van der Waals surface area contributed by atoms with E-state index in [1.165, 1.54) is 0 Å². The van der Waals surface area contributed by atoms with Gasteiger partial charge in [0.05, 0.1) is 19.3 Å². The Hall–Kier alpha value is -1.10. The Balaban J connectivity index is 1.99. The summed E-state index contributed by atoms with van der Waals surface area (Å²) in [6.45, 7) is 3.69. The van der Waals surface area contributed by atoms with E-state index in [-0.39, 0.29) is 12.4 Å². The first-order chi connectivity index (χ1) is 7.83. The highest BCUT2D eigenvalue weighted by Gasteiger charge is 2.25. The minimum Gasteiger partial charge on any atom is -0.494 e. The monoisotopic (exact) mass is 223 g/mol. The van der Waals surface area contributed by atoms with E-state index in [4.69, 9.17) is 19.9 Å². The van der Waals surface area contributed by atoms with Gasteiger partial charge in [-0.1, -0.05) is 12.1 Å². The number of rotatable bonds is 4. The summed E-state index contributed by atoms with van der Waals surface area (Å²) in [5.74, 6) is 0.861. The molecule has 1 aromatic carbocycles. The van der Waals surface area contributed by atoms with Crippen LogP contribution in [0.2, 0.25) is 0 Å². The maximum atomic E-state index is 5.61. The summed E-state index contributed by atoms with van der Waals surface area (Å²) in [6.07, 6.45) is -0.277. The lowest BCUT2D eigenvalue weighted by atomic mass is 10.2. The fourth-order valence-electron chi connectivity index (χ4n) is 1.63. The summed E-state index contributed by atoms with van der Waals surface area (Å²) >= 11 is 0. The van der Waals surface area contributed by atoms with Crippen LogP contribution in [-0.2, 0) is 9.47 Å². The van der Waals surface area contributed by atoms with Crippen molar-refractivity contribution in [2.24, 2.45) is 5.73 Å². The maximum absolute atomic E-state index is 5.61. The van der Waals surface area contributed by atoms with E-state index in [2.05, 4.69) is 0 Å². The minimum absolute atomic E-state index is 0.0107. The van der Waals surface area contributed by atoms with Crippen LogP contribution >= 0.6 is 0 Å². The van der Waals surface area contributed by atoms with Gasteiger partial charge in [-0.3, -0.25) is 0 Å². The van der Waals surface area contributed by atoms with Gasteiger partial charge in [0.25, 0.3) is 0 Å². The van der Waals surface area contributed by atoms with Crippen molar-refractivity contribution >= 4 is 0 Å².